The van der Waals surface area contributed by atoms with Crippen molar-refractivity contribution < 1.29 is 4.79 Å². The van der Waals surface area contributed by atoms with Crippen molar-refractivity contribution in [3.63, 3.8) is 0 Å². The number of nitrogen functional groups attached to an aromatic ring is 1. The van der Waals surface area contributed by atoms with Gasteiger partial charge >= 0.3 is 0 Å². The van der Waals surface area contributed by atoms with Gasteiger partial charge in [0.25, 0.3) is 5.91 Å². The summed E-state index contributed by atoms with van der Waals surface area (Å²) >= 11 is 0. The summed E-state index contributed by atoms with van der Waals surface area (Å²) in [6.45, 7) is 0.553. The topological polar surface area (TPSA) is 85.0 Å². The predicted octanol–water partition coefficient (Wildman–Crippen LogP) is 0.678. The number of hydrogen-bond donors (Lipinski definition) is 3. The second-order valence-electron chi connectivity index (χ2n) is 4.14. The van der Waals surface area contributed by atoms with Gasteiger partial charge in [0, 0.05) is 31.9 Å². The number of nitrogens with two attached hydrogens (primary N) is 1. The number of hydrazine groups is 1. The van der Waals surface area contributed by atoms with Crippen LogP contribution in [0.15, 0.2) is 36.5 Å². The van der Waals surface area contributed by atoms with E-state index in [1.165, 1.54) is 0 Å². The summed E-state index contributed by atoms with van der Waals surface area (Å²) in [5, 5.41) is 6.94. The number of benzene rings is 1. The van der Waals surface area contributed by atoms with Crippen LogP contribution in [0.25, 0.3) is 0 Å². The average molecular weight is 259 g/mol. The highest BCUT2D eigenvalue weighted by Crippen LogP contribution is 2.12. The Morgan fingerprint density at radius 3 is 2.84 bits per heavy atom. The summed E-state index contributed by atoms with van der Waals surface area (Å²) in [5.41, 5.74) is 4.74. The molecule has 0 fully saturated rings. The molecule has 1 aromatic heterocycles. The lowest BCUT2D eigenvalue weighted by atomic mass is 10.1. The molecule has 0 aliphatic rings. The Balaban J connectivity index is 1.93. The van der Waals surface area contributed by atoms with Gasteiger partial charge in [0.05, 0.1) is 11.3 Å². The smallest absolute Gasteiger partial charge is 0.253 e. The minimum atomic E-state index is -0.143. The van der Waals surface area contributed by atoms with Crippen molar-refractivity contribution in [3.05, 3.63) is 47.8 Å². The van der Waals surface area contributed by atoms with E-state index >= 15 is 0 Å². The number of carbonyl (C=O) groups is 1. The Morgan fingerprint density at radius 1 is 1.37 bits per heavy atom. The standard InChI is InChI=1S/C13H17N5O/c1-18-10(7-9-16-18)6-8-15-13(19)11-4-2-3-5-12(11)17-14/h2-5,7,9,17H,6,8,14H2,1H3,(H,15,19). The first-order valence-electron chi connectivity index (χ1n) is 6.03. The fourth-order valence-electron chi connectivity index (χ4n) is 1.85. The summed E-state index contributed by atoms with van der Waals surface area (Å²) in [5.74, 6) is 5.23. The molecular weight excluding hydrogens is 242 g/mol. The Morgan fingerprint density at radius 2 is 2.16 bits per heavy atom. The maximum Gasteiger partial charge on any atom is 0.253 e. The number of nitrogens with zero attached hydrogens (tertiary/aromatic N) is 2. The average Bonchev–Trinajstić information content (AvgIpc) is 2.84. The van der Waals surface area contributed by atoms with Crippen molar-refractivity contribution in [1.82, 2.24) is 15.1 Å². The number of amides is 1. The quantitative estimate of drug-likeness (QED) is 0.544. The molecule has 0 saturated carbocycles. The Hall–Kier alpha value is -2.34. The van der Waals surface area contributed by atoms with E-state index in [-0.39, 0.29) is 5.91 Å². The third-order valence-electron chi connectivity index (χ3n) is 2.92. The van der Waals surface area contributed by atoms with Crippen molar-refractivity contribution in [3.8, 4) is 0 Å². The number of aryl methyl sites for hydroxylation is 1. The summed E-state index contributed by atoms with van der Waals surface area (Å²) < 4.78 is 1.79. The molecule has 0 atom stereocenters. The van der Waals surface area contributed by atoms with E-state index in [2.05, 4.69) is 15.8 Å². The first-order chi connectivity index (χ1) is 9.22. The molecule has 19 heavy (non-hydrogen) atoms. The van der Waals surface area contributed by atoms with Gasteiger partial charge < -0.3 is 10.7 Å². The van der Waals surface area contributed by atoms with Crippen LogP contribution in [-0.2, 0) is 13.5 Å². The van der Waals surface area contributed by atoms with Gasteiger partial charge in [-0.1, -0.05) is 12.1 Å². The normalized spacial score (nSPS) is 10.2. The molecule has 2 aromatic rings. The third-order valence-corrected chi connectivity index (χ3v) is 2.92. The first kappa shape index (κ1) is 13.1. The lowest BCUT2D eigenvalue weighted by Crippen LogP contribution is -2.27. The zero-order valence-corrected chi connectivity index (χ0v) is 10.8. The number of para-hydroxylation sites is 1. The molecule has 0 bridgehead atoms. The van der Waals surface area contributed by atoms with E-state index in [0.29, 0.717) is 17.8 Å². The Kier molecular flexibility index (Phi) is 4.15. The second-order valence-corrected chi connectivity index (χ2v) is 4.14. The molecule has 0 aliphatic heterocycles. The number of anilines is 1. The minimum Gasteiger partial charge on any atom is -0.352 e. The second kappa shape index (κ2) is 6.01. The largest absolute Gasteiger partial charge is 0.352 e. The summed E-state index contributed by atoms with van der Waals surface area (Å²) in [6.07, 6.45) is 2.48. The van der Waals surface area contributed by atoms with Gasteiger partial charge in [0.15, 0.2) is 0 Å². The van der Waals surface area contributed by atoms with Crippen LogP contribution in [0.2, 0.25) is 0 Å². The maximum atomic E-state index is 12.0. The maximum absolute atomic E-state index is 12.0. The monoisotopic (exact) mass is 259 g/mol. The zero-order chi connectivity index (χ0) is 13.7. The molecule has 0 unspecified atom stereocenters. The van der Waals surface area contributed by atoms with Gasteiger partial charge in [-0.05, 0) is 18.2 Å². The molecule has 0 radical (unpaired) electrons. The van der Waals surface area contributed by atoms with Crippen molar-refractivity contribution in [1.29, 1.82) is 0 Å². The lowest BCUT2D eigenvalue weighted by molar-refractivity contribution is 0.0954. The van der Waals surface area contributed by atoms with E-state index in [1.807, 2.05) is 19.2 Å². The van der Waals surface area contributed by atoms with Crippen molar-refractivity contribution in [2.75, 3.05) is 12.0 Å². The SMILES string of the molecule is Cn1nccc1CCNC(=O)c1ccccc1NN. The fourth-order valence-corrected chi connectivity index (χ4v) is 1.85. The molecule has 100 valence electrons. The highest BCUT2D eigenvalue weighted by atomic mass is 16.1. The molecule has 0 aliphatic carbocycles. The molecule has 0 saturated heterocycles. The molecule has 6 heteroatoms. The number of nitrogens with one attached hydrogen (secondary N) is 2. The van der Waals surface area contributed by atoms with Crippen LogP contribution in [0, 0.1) is 0 Å². The van der Waals surface area contributed by atoms with E-state index in [1.54, 1.807) is 29.1 Å². The van der Waals surface area contributed by atoms with E-state index in [4.69, 9.17) is 5.84 Å². The van der Waals surface area contributed by atoms with Crippen LogP contribution in [-0.4, -0.2) is 22.2 Å². The molecule has 1 aromatic carbocycles. The van der Waals surface area contributed by atoms with E-state index < -0.39 is 0 Å². The molecule has 1 heterocycles. The van der Waals surface area contributed by atoms with Crippen LogP contribution < -0.4 is 16.6 Å². The van der Waals surface area contributed by atoms with E-state index in [9.17, 15) is 4.79 Å². The van der Waals surface area contributed by atoms with Crippen LogP contribution in [0.4, 0.5) is 5.69 Å². The van der Waals surface area contributed by atoms with Gasteiger partial charge in [-0.15, -0.1) is 0 Å². The zero-order valence-electron chi connectivity index (χ0n) is 10.8. The van der Waals surface area contributed by atoms with Crippen molar-refractivity contribution in [2.45, 2.75) is 6.42 Å². The van der Waals surface area contributed by atoms with Crippen LogP contribution in [0.1, 0.15) is 16.1 Å². The predicted molar refractivity (Wildman–Crippen MR) is 73.5 cm³/mol. The molecule has 4 N–H and O–H groups in total. The summed E-state index contributed by atoms with van der Waals surface area (Å²) in [7, 11) is 1.88. The van der Waals surface area contributed by atoms with Gasteiger partial charge in [-0.3, -0.25) is 15.3 Å². The molecule has 2 rings (SSSR count). The molecule has 1 amide bonds. The van der Waals surface area contributed by atoms with Gasteiger partial charge in [-0.2, -0.15) is 5.10 Å². The van der Waals surface area contributed by atoms with Crippen LogP contribution in [0.5, 0.6) is 0 Å². The molecule has 0 spiro atoms. The number of aromatic nitrogens is 2. The fraction of sp³-hybridized carbons (Fsp3) is 0.231. The van der Waals surface area contributed by atoms with Crippen LogP contribution in [0.3, 0.4) is 0 Å². The summed E-state index contributed by atoms with van der Waals surface area (Å²) in [4.78, 5) is 12.0. The Labute approximate surface area is 111 Å². The highest BCUT2D eigenvalue weighted by molar-refractivity contribution is 5.99. The number of carbonyl (C=O) groups excluding carboxylic acids is 1. The highest BCUT2D eigenvalue weighted by Gasteiger charge is 2.09. The summed E-state index contributed by atoms with van der Waals surface area (Å²) in [6, 6.07) is 9.05. The number of rotatable bonds is 5. The molecular formula is C13H17N5O. The molecule has 6 nitrogen and oxygen atoms in total. The first-order valence-corrected chi connectivity index (χ1v) is 6.03. The third kappa shape index (κ3) is 3.11. The Bertz CT molecular complexity index is 564. The van der Waals surface area contributed by atoms with Crippen LogP contribution >= 0.6 is 0 Å². The number of hydrogen-bond acceptors (Lipinski definition) is 4. The van der Waals surface area contributed by atoms with Gasteiger partial charge in [0.2, 0.25) is 0 Å². The van der Waals surface area contributed by atoms with E-state index in [0.717, 1.165) is 12.1 Å². The van der Waals surface area contributed by atoms with Gasteiger partial charge in [0.1, 0.15) is 0 Å². The lowest BCUT2D eigenvalue weighted by Gasteiger charge is -2.09. The van der Waals surface area contributed by atoms with Crippen molar-refractivity contribution >= 4 is 11.6 Å². The van der Waals surface area contributed by atoms with Crippen molar-refractivity contribution in [2.24, 2.45) is 12.9 Å². The minimum absolute atomic E-state index is 0.143. The van der Waals surface area contributed by atoms with Gasteiger partial charge in [-0.25, -0.2) is 0 Å².